The van der Waals surface area contributed by atoms with E-state index in [1.54, 1.807) is 24.5 Å². The third-order valence-electron chi connectivity index (χ3n) is 4.90. The van der Waals surface area contributed by atoms with Crippen LogP contribution in [0.1, 0.15) is 29.6 Å². The number of nitrogens with zero attached hydrogens (tertiary/aromatic N) is 4. The number of pyridine rings is 1. The maximum atomic E-state index is 12.9. The highest BCUT2D eigenvalue weighted by atomic mass is 19.1. The van der Waals surface area contributed by atoms with Gasteiger partial charge in [-0.1, -0.05) is 0 Å². The molecule has 26 heavy (non-hydrogen) atoms. The molecule has 0 bridgehead atoms. The first-order valence-electron chi connectivity index (χ1n) is 8.71. The fourth-order valence-electron chi connectivity index (χ4n) is 3.73. The van der Waals surface area contributed by atoms with Crippen LogP contribution in [0.5, 0.6) is 0 Å². The Morgan fingerprint density at radius 3 is 2.96 bits per heavy atom. The fraction of sp³-hybridized carbons (Fsp3) is 0.444. The van der Waals surface area contributed by atoms with Gasteiger partial charge in [-0.3, -0.25) is 9.78 Å². The van der Waals surface area contributed by atoms with Gasteiger partial charge in [0.05, 0.1) is 42.8 Å². The molecule has 1 amide bonds. The Labute approximate surface area is 150 Å². The topological polar surface area (TPSA) is 80.2 Å². The van der Waals surface area contributed by atoms with Crippen molar-refractivity contribution >= 4 is 11.9 Å². The summed E-state index contributed by atoms with van der Waals surface area (Å²) in [6.45, 7) is 1.79. The summed E-state index contributed by atoms with van der Waals surface area (Å²) in [5.41, 5.74) is 0.241. The van der Waals surface area contributed by atoms with E-state index >= 15 is 0 Å². The highest BCUT2D eigenvalue weighted by Gasteiger charge is 2.44. The van der Waals surface area contributed by atoms with E-state index in [4.69, 9.17) is 4.74 Å². The van der Waals surface area contributed by atoms with Crippen molar-refractivity contribution in [3.63, 3.8) is 0 Å². The third kappa shape index (κ3) is 3.50. The number of piperidine rings is 1. The van der Waals surface area contributed by atoms with Crippen LogP contribution in [0.25, 0.3) is 0 Å². The number of halogens is 1. The first-order chi connectivity index (χ1) is 12.6. The molecule has 1 spiro atoms. The second-order valence-corrected chi connectivity index (χ2v) is 6.84. The monoisotopic (exact) mass is 357 g/mol. The molecule has 0 aliphatic carbocycles. The van der Waals surface area contributed by atoms with E-state index in [-0.39, 0.29) is 17.6 Å². The Morgan fingerprint density at radius 1 is 1.35 bits per heavy atom. The number of likely N-dealkylation sites (tertiary alicyclic amines) is 1. The van der Waals surface area contributed by atoms with Crippen LogP contribution in [0.3, 0.4) is 0 Å². The summed E-state index contributed by atoms with van der Waals surface area (Å²) in [4.78, 5) is 26.4. The van der Waals surface area contributed by atoms with Crippen LogP contribution in [0.2, 0.25) is 0 Å². The summed E-state index contributed by atoms with van der Waals surface area (Å²) in [6.07, 6.45) is 8.08. The predicted octanol–water partition coefficient (Wildman–Crippen LogP) is 1.89. The number of nitrogens with one attached hydrogen (secondary N) is 1. The number of carbonyl (C=O) groups excluding carboxylic acids is 1. The lowest BCUT2D eigenvalue weighted by atomic mass is 9.88. The minimum Gasteiger partial charge on any atom is -0.371 e. The van der Waals surface area contributed by atoms with Crippen molar-refractivity contribution in [2.45, 2.75) is 30.9 Å². The second kappa shape index (κ2) is 6.95. The van der Waals surface area contributed by atoms with Crippen molar-refractivity contribution in [2.75, 3.05) is 25.0 Å². The number of anilines is 1. The molecule has 2 aromatic rings. The first kappa shape index (κ1) is 16.8. The summed E-state index contributed by atoms with van der Waals surface area (Å²) in [7, 11) is 0. The van der Waals surface area contributed by atoms with E-state index in [9.17, 15) is 9.18 Å². The summed E-state index contributed by atoms with van der Waals surface area (Å²) >= 11 is 0. The second-order valence-electron chi connectivity index (χ2n) is 6.84. The van der Waals surface area contributed by atoms with Crippen molar-refractivity contribution in [3.8, 4) is 0 Å². The summed E-state index contributed by atoms with van der Waals surface area (Å²) in [6, 6.07) is 3.58. The zero-order valence-electron chi connectivity index (χ0n) is 14.3. The molecule has 4 rings (SSSR count). The molecule has 2 aliphatic rings. The maximum absolute atomic E-state index is 12.9. The average molecular weight is 357 g/mol. The lowest BCUT2D eigenvalue weighted by Crippen LogP contribution is -2.50. The van der Waals surface area contributed by atoms with Crippen LogP contribution in [0.4, 0.5) is 10.3 Å². The molecule has 4 heterocycles. The molecule has 0 saturated carbocycles. The standard InChI is InChI=1S/C18H20FN5O2/c19-14-9-21-17(22-10-14)23-15-7-18(26-11-15)4-2-6-24(12-18)16(25)13-3-1-5-20-8-13/h1,3,5,8-10,15H,2,4,6-7,11-12H2,(H,21,22,23)/t15-,18-/m0/s1. The van der Waals surface area contributed by atoms with E-state index in [1.807, 2.05) is 4.90 Å². The van der Waals surface area contributed by atoms with Gasteiger partial charge < -0.3 is 15.0 Å². The molecule has 2 fully saturated rings. The molecule has 2 aliphatic heterocycles. The van der Waals surface area contributed by atoms with E-state index < -0.39 is 5.82 Å². The third-order valence-corrected chi connectivity index (χ3v) is 4.90. The van der Waals surface area contributed by atoms with Gasteiger partial charge in [0.25, 0.3) is 5.91 Å². The number of hydrogen-bond donors (Lipinski definition) is 1. The van der Waals surface area contributed by atoms with Gasteiger partial charge in [-0.05, 0) is 25.0 Å². The molecule has 0 radical (unpaired) electrons. The molecule has 8 heteroatoms. The lowest BCUT2D eigenvalue weighted by molar-refractivity contribution is -0.0447. The van der Waals surface area contributed by atoms with Gasteiger partial charge in [0.2, 0.25) is 5.95 Å². The Kier molecular flexibility index (Phi) is 4.50. The van der Waals surface area contributed by atoms with Crippen molar-refractivity contribution in [1.29, 1.82) is 0 Å². The molecule has 1 N–H and O–H groups in total. The van der Waals surface area contributed by atoms with E-state index in [0.29, 0.717) is 24.7 Å². The number of amides is 1. The Bertz CT molecular complexity index is 773. The van der Waals surface area contributed by atoms with E-state index in [1.165, 1.54) is 0 Å². The molecule has 2 saturated heterocycles. The van der Waals surface area contributed by atoms with Crippen LogP contribution in [0, 0.1) is 5.82 Å². The van der Waals surface area contributed by atoms with Crippen LogP contribution >= 0.6 is 0 Å². The molecule has 0 unspecified atom stereocenters. The molecule has 2 atom stereocenters. The highest BCUT2D eigenvalue weighted by Crippen LogP contribution is 2.35. The predicted molar refractivity (Wildman–Crippen MR) is 92.1 cm³/mol. The van der Waals surface area contributed by atoms with Crippen LogP contribution < -0.4 is 5.32 Å². The lowest BCUT2D eigenvalue weighted by Gasteiger charge is -2.39. The van der Waals surface area contributed by atoms with Crippen molar-refractivity contribution in [3.05, 3.63) is 48.3 Å². The SMILES string of the molecule is O=C(c1cccnc1)N1CCC[C@]2(C[C@H](Nc3ncc(F)cn3)CO2)C1. The zero-order chi connectivity index (χ0) is 18.0. The van der Waals surface area contributed by atoms with Crippen LogP contribution in [0.15, 0.2) is 36.9 Å². The summed E-state index contributed by atoms with van der Waals surface area (Å²) in [5, 5.41) is 3.19. The number of hydrogen-bond acceptors (Lipinski definition) is 6. The molecule has 2 aromatic heterocycles. The number of ether oxygens (including phenoxy) is 1. The fourth-order valence-corrected chi connectivity index (χ4v) is 3.73. The molecule has 0 aromatic carbocycles. The van der Waals surface area contributed by atoms with Gasteiger partial charge >= 0.3 is 0 Å². The zero-order valence-corrected chi connectivity index (χ0v) is 14.3. The number of carbonyl (C=O) groups is 1. The smallest absolute Gasteiger partial charge is 0.255 e. The molecular weight excluding hydrogens is 337 g/mol. The maximum Gasteiger partial charge on any atom is 0.255 e. The minimum absolute atomic E-state index is 0.0148. The van der Waals surface area contributed by atoms with Crippen molar-refractivity contribution < 1.29 is 13.9 Å². The summed E-state index contributed by atoms with van der Waals surface area (Å²) in [5.74, 6) is -0.0956. The van der Waals surface area contributed by atoms with Gasteiger partial charge in [0.15, 0.2) is 5.82 Å². The quantitative estimate of drug-likeness (QED) is 0.904. The number of rotatable bonds is 3. The molecule has 7 nitrogen and oxygen atoms in total. The first-order valence-corrected chi connectivity index (χ1v) is 8.71. The normalized spacial score (nSPS) is 25.4. The summed E-state index contributed by atoms with van der Waals surface area (Å²) < 4.78 is 19.0. The largest absolute Gasteiger partial charge is 0.371 e. The van der Waals surface area contributed by atoms with Crippen LogP contribution in [-0.4, -0.2) is 57.1 Å². The Morgan fingerprint density at radius 2 is 2.19 bits per heavy atom. The molecule has 136 valence electrons. The van der Waals surface area contributed by atoms with Gasteiger partial charge in [-0.15, -0.1) is 0 Å². The van der Waals surface area contributed by atoms with Gasteiger partial charge in [-0.2, -0.15) is 0 Å². The average Bonchev–Trinajstić information content (AvgIpc) is 3.05. The van der Waals surface area contributed by atoms with E-state index in [2.05, 4.69) is 20.3 Å². The number of aromatic nitrogens is 3. The van der Waals surface area contributed by atoms with E-state index in [0.717, 1.165) is 38.2 Å². The van der Waals surface area contributed by atoms with Crippen molar-refractivity contribution in [2.24, 2.45) is 0 Å². The highest BCUT2D eigenvalue weighted by molar-refractivity contribution is 5.94. The van der Waals surface area contributed by atoms with Gasteiger partial charge in [0.1, 0.15) is 0 Å². The Hall–Kier alpha value is -2.61. The van der Waals surface area contributed by atoms with Crippen LogP contribution in [-0.2, 0) is 4.74 Å². The van der Waals surface area contributed by atoms with Crippen molar-refractivity contribution in [1.82, 2.24) is 19.9 Å². The van der Waals surface area contributed by atoms with Gasteiger partial charge in [0, 0.05) is 25.4 Å². The minimum atomic E-state index is -0.466. The Balaban J connectivity index is 1.41. The molecular formula is C18H20FN5O2. The van der Waals surface area contributed by atoms with Gasteiger partial charge in [-0.25, -0.2) is 14.4 Å².